The molecule has 2 atom stereocenters. The first kappa shape index (κ1) is 15.0. The summed E-state index contributed by atoms with van der Waals surface area (Å²) in [7, 11) is 0. The summed E-state index contributed by atoms with van der Waals surface area (Å²) >= 11 is 0. The van der Waals surface area contributed by atoms with E-state index >= 15 is 0 Å². The van der Waals surface area contributed by atoms with Crippen molar-refractivity contribution in [2.24, 2.45) is 0 Å². The Bertz CT molecular complexity index is 294. The Balaban J connectivity index is 2.81. The van der Waals surface area contributed by atoms with Crippen LogP contribution in [0, 0.1) is 0 Å². The SMILES string of the molecule is CCC[C@H]1CCC[C@@H](C=O)N1C(=O)OC(C)(C)C. The van der Waals surface area contributed by atoms with Crippen molar-refractivity contribution in [3.05, 3.63) is 0 Å². The van der Waals surface area contributed by atoms with Crippen LogP contribution >= 0.6 is 0 Å². The number of aldehydes is 1. The number of amides is 1. The Morgan fingerprint density at radius 3 is 2.56 bits per heavy atom. The number of carbonyl (C=O) groups is 2. The van der Waals surface area contributed by atoms with E-state index in [1.165, 1.54) is 0 Å². The van der Waals surface area contributed by atoms with Crippen LogP contribution in [0.3, 0.4) is 0 Å². The van der Waals surface area contributed by atoms with E-state index in [1.807, 2.05) is 20.8 Å². The summed E-state index contributed by atoms with van der Waals surface area (Å²) in [6, 6.07) is -0.168. The largest absolute Gasteiger partial charge is 0.444 e. The maximum Gasteiger partial charge on any atom is 0.411 e. The fourth-order valence-corrected chi connectivity index (χ4v) is 2.46. The van der Waals surface area contributed by atoms with Crippen LogP contribution < -0.4 is 0 Å². The normalized spacial score (nSPS) is 24.8. The second kappa shape index (κ2) is 6.21. The highest BCUT2D eigenvalue weighted by atomic mass is 16.6. The number of hydrogen-bond donors (Lipinski definition) is 0. The van der Waals surface area contributed by atoms with E-state index in [0.29, 0.717) is 0 Å². The molecule has 4 nitrogen and oxygen atoms in total. The summed E-state index contributed by atoms with van der Waals surface area (Å²) < 4.78 is 5.41. The molecule has 1 heterocycles. The lowest BCUT2D eigenvalue weighted by Gasteiger charge is -2.40. The standard InChI is InChI=1S/C14H25NO3/c1-5-7-11-8-6-9-12(10-16)15(11)13(17)18-14(2,3)4/h10-12H,5-9H2,1-4H3/t11-,12-/m0/s1. The highest BCUT2D eigenvalue weighted by Crippen LogP contribution is 2.27. The van der Waals surface area contributed by atoms with Gasteiger partial charge in [0.05, 0.1) is 6.04 Å². The maximum atomic E-state index is 12.2. The first-order valence-corrected chi connectivity index (χ1v) is 6.85. The van der Waals surface area contributed by atoms with E-state index in [1.54, 1.807) is 4.90 Å². The molecular weight excluding hydrogens is 230 g/mol. The van der Waals surface area contributed by atoms with Gasteiger partial charge < -0.3 is 9.53 Å². The van der Waals surface area contributed by atoms with Crippen LogP contribution in [-0.4, -0.2) is 35.0 Å². The number of likely N-dealkylation sites (tertiary alicyclic amines) is 1. The van der Waals surface area contributed by atoms with Crippen molar-refractivity contribution in [2.75, 3.05) is 0 Å². The maximum absolute atomic E-state index is 12.2. The van der Waals surface area contributed by atoms with Crippen molar-refractivity contribution < 1.29 is 14.3 Å². The molecule has 1 aliphatic rings. The molecule has 18 heavy (non-hydrogen) atoms. The van der Waals surface area contributed by atoms with E-state index < -0.39 is 5.60 Å². The average molecular weight is 255 g/mol. The number of carbonyl (C=O) groups excluding carboxylic acids is 2. The van der Waals surface area contributed by atoms with Crippen LogP contribution in [0.25, 0.3) is 0 Å². The molecule has 0 spiro atoms. The molecule has 0 aromatic carbocycles. The van der Waals surface area contributed by atoms with Crippen molar-refractivity contribution in [1.82, 2.24) is 4.90 Å². The van der Waals surface area contributed by atoms with E-state index in [4.69, 9.17) is 4.74 Å². The van der Waals surface area contributed by atoms with Crippen molar-refractivity contribution in [1.29, 1.82) is 0 Å². The van der Waals surface area contributed by atoms with Crippen molar-refractivity contribution >= 4 is 12.4 Å². The van der Waals surface area contributed by atoms with Gasteiger partial charge in [-0.2, -0.15) is 0 Å². The molecule has 0 bridgehead atoms. The highest BCUT2D eigenvalue weighted by Gasteiger charge is 2.36. The Morgan fingerprint density at radius 2 is 2.06 bits per heavy atom. The quantitative estimate of drug-likeness (QED) is 0.728. The lowest BCUT2D eigenvalue weighted by atomic mass is 9.94. The molecule has 0 saturated carbocycles. The van der Waals surface area contributed by atoms with Gasteiger partial charge in [0.25, 0.3) is 0 Å². The van der Waals surface area contributed by atoms with Gasteiger partial charge >= 0.3 is 6.09 Å². The molecule has 1 fully saturated rings. The van der Waals surface area contributed by atoms with Crippen LogP contribution in [0.2, 0.25) is 0 Å². The van der Waals surface area contributed by atoms with E-state index in [0.717, 1.165) is 38.4 Å². The van der Waals surface area contributed by atoms with Crippen LogP contribution in [0.5, 0.6) is 0 Å². The number of ether oxygens (including phenoxy) is 1. The first-order chi connectivity index (χ1) is 8.39. The fraction of sp³-hybridized carbons (Fsp3) is 0.857. The topological polar surface area (TPSA) is 46.6 Å². The second-order valence-corrected chi connectivity index (χ2v) is 5.96. The van der Waals surface area contributed by atoms with Gasteiger partial charge in [0.1, 0.15) is 11.9 Å². The molecule has 1 saturated heterocycles. The summed E-state index contributed by atoms with van der Waals surface area (Å²) in [6.45, 7) is 7.64. The zero-order valence-corrected chi connectivity index (χ0v) is 11.9. The average Bonchev–Trinajstić information content (AvgIpc) is 2.26. The molecule has 0 radical (unpaired) electrons. The van der Waals surface area contributed by atoms with E-state index in [-0.39, 0.29) is 18.2 Å². The molecule has 1 rings (SSSR count). The summed E-state index contributed by atoms with van der Waals surface area (Å²) in [6.07, 6.45) is 5.20. The van der Waals surface area contributed by atoms with Crippen molar-refractivity contribution in [3.8, 4) is 0 Å². The van der Waals surface area contributed by atoms with Gasteiger partial charge in [0.15, 0.2) is 0 Å². The summed E-state index contributed by atoms with van der Waals surface area (Å²) in [5.74, 6) is 0. The van der Waals surface area contributed by atoms with E-state index in [9.17, 15) is 9.59 Å². The number of hydrogen-bond acceptors (Lipinski definition) is 3. The summed E-state index contributed by atoms with van der Waals surface area (Å²) in [5, 5.41) is 0. The van der Waals surface area contributed by atoms with Gasteiger partial charge in [-0.15, -0.1) is 0 Å². The van der Waals surface area contributed by atoms with Crippen LogP contribution in [0.15, 0.2) is 0 Å². The minimum atomic E-state index is -0.515. The molecule has 0 aliphatic carbocycles. The molecule has 1 aliphatic heterocycles. The van der Waals surface area contributed by atoms with Crippen molar-refractivity contribution in [2.45, 2.75) is 77.5 Å². The van der Waals surface area contributed by atoms with Gasteiger partial charge in [0.2, 0.25) is 0 Å². The zero-order valence-electron chi connectivity index (χ0n) is 11.9. The zero-order chi connectivity index (χ0) is 13.8. The third-order valence-corrected chi connectivity index (χ3v) is 3.17. The van der Waals surface area contributed by atoms with Crippen LogP contribution in [0.1, 0.15) is 59.8 Å². The third-order valence-electron chi connectivity index (χ3n) is 3.17. The van der Waals surface area contributed by atoms with Crippen LogP contribution in [-0.2, 0) is 9.53 Å². The fourth-order valence-electron chi connectivity index (χ4n) is 2.46. The monoisotopic (exact) mass is 255 g/mol. The highest BCUT2D eigenvalue weighted by molar-refractivity contribution is 5.74. The molecule has 0 N–H and O–H groups in total. The van der Waals surface area contributed by atoms with Gasteiger partial charge in [-0.25, -0.2) is 4.79 Å². The minimum Gasteiger partial charge on any atom is -0.444 e. The molecule has 1 amide bonds. The predicted molar refractivity (Wildman–Crippen MR) is 70.5 cm³/mol. The first-order valence-electron chi connectivity index (χ1n) is 6.85. The van der Waals surface area contributed by atoms with Gasteiger partial charge in [-0.3, -0.25) is 4.90 Å². The molecule has 0 aromatic rings. The Morgan fingerprint density at radius 1 is 1.39 bits per heavy atom. The molecular formula is C14H25NO3. The molecule has 0 unspecified atom stereocenters. The third kappa shape index (κ3) is 4.00. The minimum absolute atomic E-state index is 0.147. The number of rotatable bonds is 3. The van der Waals surface area contributed by atoms with Gasteiger partial charge in [-0.1, -0.05) is 13.3 Å². The van der Waals surface area contributed by atoms with Gasteiger partial charge in [-0.05, 0) is 46.5 Å². The Hall–Kier alpha value is -1.06. The molecule has 104 valence electrons. The molecule has 0 aromatic heterocycles. The lowest BCUT2D eigenvalue weighted by molar-refractivity contribution is -0.114. The number of piperidine rings is 1. The smallest absolute Gasteiger partial charge is 0.411 e. The Kier molecular flexibility index (Phi) is 5.17. The van der Waals surface area contributed by atoms with E-state index in [2.05, 4.69) is 6.92 Å². The summed E-state index contributed by atoms with van der Waals surface area (Å²) in [5.41, 5.74) is -0.515. The second-order valence-electron chi connectivity index (χ2n) is 5.96. The lowest BCUT2D eigenvalue weighted by Crippen LogP contribution is -2.52. The van der Waals surface area contributed by atoms with Gasteiger partial charge in [0, 0.05) is 6.04 Å². The predicted octanol–water partition coefficient (Wildman–Crippen LogP) is 3.14. The summed E-state index contributed by atoms with van der Waals surface area (Å²) in [4.78, 5) is 25.0. The number of nitrogens with zero attached hydrogens (tertiary/aromatic N) is 1. The van der Waals surface area contributed by atoms with Crippen molar-refractivity contribution in [3.63, 3.8) is 0 Å². The van der Waals surface area contributed by atoms with Crippen LogP contribution in [0.4, 0.5) is 4.79 Å². The Labute approximate surface area is 110 Å². The molecule has 4 heteroatoms.